The minimum absolute atomic E-state index is 0. The Morgan fingerprint density at radius 1 is 1.37 bits per heavy atom. The third-order valence-electron chi connectivity index (χ3n) is 4.14. The van der Waals surface area contributed by atoms with Crippen molar-refractivity contribution >= 4 is 24.0 Å². The number of nitrogens with zero attached hydrogens (tertiary/aromatic N) is 1. The zero-order valence-electron chi connectivity index (χ0n) is 10.7. The van der Waals surface area contributed by atoms with Crippen LogP contribution >= 0.6 is 24.0 Å². The lowest BCUT2D eigenvalue weighted by atomic mass is 9.93. The van der Waals surface area contributed by atoms with Gasteiger partial charge < -0.3 is 5.32 Å². The zero-order valence-corrected chi connectivity index (χ0v) is 12.3. The Kier molecular flexibility index (Phi) is 5.07. The number of hydrogen-bond donors (Lipinski definition) is 1. The van der Waals surface area contributed by atoms with Gasteiger partial charge in [-0.15, -0.1) is 12.4 Å². The Labute approximate surface area is 124 Å². The van der Waals surface area contributed by atoms with Gasteiger partial charge >= 0.3 is 0 Å². The fourth-order valence-electron chi connectivity index (χ4n) is 3.17. The van der Waals surface area contributed by atoms with Crippen LogP contribution in [-0.4, -0.2) is 30.6 Å². The lowest BCUT2D eigenvalue weighted by Gasteiger charge is -2.34. The Hall–Kier alpha value is -0.350. The van der Waals surface area contributed by atoms with Crippen molar-refractivity contribution in [2.45, 2.75) is 25.4 Å². The summed E-state index contributed by atoms with van der Waals surface area (Å²) in [6.45, 7) is 3.92. The molecule has 2 aliphatic rings. The number of nitrogens with one attached hydrogen (secondary N) is 1. The number of likely N-dealkylation sites (tertiary alicyclic amines) is 1. The molecule has 0 amide bonds. The lowest BCUT2D eigenvalue weighted by molar-refractivity contribution is 0.154. The molecule has 0 radical (unpaired) electrons. The van der Waals surface area contributed by atoms with Gasteiger partial charge in [0.15, 0.2) is 0 Å². The molecule has 2 aliphatic heterocycles. The van der Waals surface area contributed by atoms with Gasteiger partial charge in [0.1, 0.15) is 5.82 Å². The van der Waals surface area contributed by atoms with E-state index >= 15 is 0 Å². The molecule has 1 N–H and O–H groups in total. The molecular formula is C14H19Cl2FN2. The van der Waals surface area contributed by atoms with Crippen molar-refractivity contribution in [1.29, 1.82) is 0 Å². The second-order valence-corrected chi connectivity index (χ2v) is 5.81. The fraction of sp³-hybridized carbons (Fsp3) is 0.571. The summed E-state index contributed by atoms with van der Waals surface area (Å²) < 4.78 is 13.7. The van der Waals surface area contributed by atoms with Gasteiger partial charge in [0.2, 0.25) is 0 Å². The average molecular weight is 305 g/mol. The van der Waals surface area contributed by atoms with Crippen molar-refractivity contribution in [2.75, 3.05) is 19.6 Å². The lowest BCUT2D eigenvalue weighted by Crippen LogP contribution is -2.44. The first kappa shape index (κ1) is 15.0. The quantitative estimate of drug-likeness (QED) is 0.903. The van der Waals surface area contributed by atoms with Gasteiger partial charge in [-0.25, -0.2) is 4.39 Å². The summed E-state index contributed by atoms with van der Waals surface area (Å²) in [6, 6.07) is 5.50. The van der Waals surface area contributed by atoms with Crippen LogP contribution in [-0.2, 0) is 6.54 Å². The Balaban J connectivity index is 0.00000133. The van der Waals surface area contributed by atoms with Gasteiger partial charge in [-0.3, -0.25) is 4.90 Å². The standard InChI is InChI=1S/C14H18ClFN2.ClH/c15-12-1-2-13(16)11(7-12)9-18-6-4-14-10(8-18)3-5-17-14;/h1-2,7,10,14,17H,3-6,8-9H2;1H. The van der Waals surface area contributed by atoms with E-state index in [4.69, 9.17) is 11.6 Å². The van der Waals surface area contributed by atoms with Crippen LogP contribution in [0, 0.1) is 11.7 Å². The summed E-state index contributed by atoms with van der Waals surface area (Å²) in [4.78, 5) is 2.35. The molecule has 0 spiro atoms. The fourth-order valence-corrected chi connectivity index (χ4v) is 3.37. The molecule has 0 saturated carbocycles. The van der Waals surface area contributed by atoms with Crippen molar-refractivity contribution in [3.63, 3.8) is 0 Å². The highest BCUT2D eigenvalue weighted by Crippen LogP contribution is 2.26. The predicted octanol–water partition coefficient (Wildman–Crippen LogP) is 3.08. The molecule has 2 atom stereocenters. The first-order valence-corrected chi connectivity index (χ1v) is 7.00. The molecule has 2 heterocycles. The van der Waals surface area contributed by atoms with E-state index in [9.17, 15) is 4.39 Å². The van der Waals surface area contributed by atoms with E-state index in [0.717, 1.165) is 25.6 Å². The van der Waals surface area contributed by atoms with Crippen LogP contribution in [0.25, 0.3) is 0 Å². The molecule has 2 fully saturated rings. The molecule has 3 rings (SSSR count). The monoisotopic (exact) mass is 304 g/mol. The number of hydrogen-bond acceptors (Lipinski definition) is 2. The van der Waals surface area contributed by atoms with Crippen LogP contribution in [0.15, 0.2) is 18.2 Å². The van der Waals surface area contributed by atoms with Crippen molar-refractivity contribution in [3.8, 4) is 0 Å². The minimum atomic E-state index is -0.147. The molecule has 19 heavy (non-hydrogen) atoms. The van der Waals surface area contributed by atoms with Crippen molar-refractivity contribution in [2.24, 2.45) is 5.92 Å². The second kappa shape index (κ2) is 6.40. The summed E-state index contributed by atoms with van der Waals surface area (Å²) in [6.07, 6.45) is 2.42. The molecule has 1 aromatic rings. The maximum atomic E-state index is 13.7. The molecule has 0 aromatic heterocycles. The van der Waals surface area contributed by atoms with E-state index in [-0.39, 0.29) is 18.2 Å². The highest BCUT2D eigenvalue weighted by molar-refractivity contribution is 6.30. The van der Waals surface area contributed by atoms with Crippen LogP contribution < -0.4 is 5.32 Å². The predicted molar refractivity (Wildman–Crippen MR) is 78.4 cm³/mol. The zero-order chi connectivity index (χ0) is 12.5. The van der Waals surface area contributed by atoms with E-state index in [1.807, 2.05) is 0 Å². The third kappa shape index (κ3) is 3.40. The molecule has 1 aromatic carbocycles. The Morgan fingerprint density at radius 3 is 3.05 bits per heavy atom. The van der Waals surface area contributed by atoms with Gasteiger partial charge in [0, 0.05) is 29.7 Å². The summed E-state index contributed by atoms with van der Waals surface area (Å²) in [7, 11) is 0. The van der Waals surface area contributed by atoms with Gasteiger partial charge in [0.05, 0.1) is 0 Å². The molecule has 0 bridgehead atoms. The van der Waals surface area contributed by atoms with E-state index < -0.39 is 0 Å². The van der Waals surface area contributed by atoms with Crippen molar-refractivity contribution < 1.29 is 4.39 Å². The normalized spacial score (nSPS) is 26.8. The number of piperidine rings is 1. The van der Waals surface area contributed by atoms with E-state index in [0.29, 0.717) is 23.2 Å². The van der Waals surface area contributed by atoms with E-state index in [1.165, 1.54) is 18.9 Å². The van der Waals surface area contributed by atoms with Gasteiger partial charge in [-0.05, 0) is 50.0 Å². The summed E-state index contributed by atoms with van der Waals surface area (Å²) in [5.74, 6) is 0.590. The van der Waals surface area contributed by atoms with Gasteiger partial charge in [0.25, 0.3) is 0 Å². The number of rotatable bonds is 2. The number of benzene rings is 1. The molecule has 2 unspecified atom stereocenters. The molecule has 2 nitrogen and oxygen atoms in total. The summed E-state index contributed by atoms with van der Waals surface area (Å²) in [5, 5.41) is 4.16. The van der Waals surface area contributed by atoms with Crippen LogP contribution in [0.1, 0.15) is 18.4 Å². The van der Waals surface area contributed by atoms with Crippen LogP contribution in [0.5, 0.6) is 0 Å². The third-order valence-corrected chi connectivity index (χ3v) is 4.38. The van der Waals surface area contributed by atoms with Crippen molar-refractivity contribution in [1.82, 2.24) is 10.2 Å². The van der Waals surface area contributed by atoms with Crippen LogP contribution in [0.4, 0.5) is 4.39 Å². The van der Waals surface area contributed by atoms with E-state index in [1.54, 1.807) is 12.1 Å². The molecule has 5 heteroatoms. The molecular weight excluding hydrogens is 286 g/mol. The maximum Gasteiger partial charge on any atom is 0.127 e. The SMILES string of the molecule is Cl.Fc1ccc(Cl)cc1CN1CCC2NCCC2C1. The first-order chi connectivity index (χ1) is 8.72. The maximum absolute atomic E-state index is 13.7. The average Bonchev–Trinajstić information content (AvgIpc) is 2.81. The molecule has 2 saturated heterocycles. The second-order valence-electron chi connectivity index (χ2n) is 5.37. The van der Waals surface area contributed by atoms with Gasteiger partial charge in [-0.2, -0.15) is 0 Å². The highest BCUT2D eigenvalue weighted by Gasteiger charge is 2.32. The number of fused-ring (bicyclic) bond motifs is 1. The summed E-state index contributed by atoms with van der Waals surface area (Å²) in [5.41, 5.74) is 0.715. The smallest absolute Gasteiger partial charge is 0.127 e. The van der Waals surface area contributed by atoms with E-state index in [2.05, 4.69) is 10.2 Å². The topological polar surface area (TPSA) is 15.3 Å². The minimum Gasteiger partial charge on any atom is -0.314 e. The first-order valence-electron chi connectivity index (χ1n) is 6.62. The molecule has 0 aliphatic carbocycles. The summed E-state index contributed by atoms with van der Waals surface area (Å²) >= 11 is 5.93. The largest absolute Gasteiger partial charge is 0.314 e. The Morgan fingerprint density at radius 2 is 2.21 bits per heavy atom. The van der Waals surface area contributed by atoms with Crippen molar-refractivity contribution in [3.05, 3.63) is 34.6 Å². The van der Waals surface area contributed by atoms with Crippen LogP contribution in [0.2, 0.25) is 5.02 Å². The van der Waals surface area contributed by atoms with Gasteiger partial charge in [-0.1, -0.05) is 11.6 Å². The molecule has 106 valence electrons. The Bertz CT molecular complexity index is 441. The van der Waals surface area contributed by atoms with Crippen LogP contribution in [0.3, 0.4) is 0 Å². The number of halogens is 3. The highest BCUT2D eigenvalue weighted by atomic mass is 35.5.